The van der Waals surface area contributed by atoms with Gasteiger partial charge >= 0.3 is 0 Å². The van der Waals surface area contributed by atoms with Gasteiger partial charge in [0.1, 0.15) is 0 Å². The molecule has 1 N–H and O–H groups in total. The second-order valence-corrected chi connectivity index (χ2v) is 5.13. The number of hydrogen-bond acceptors (Lipinski definition) is 3. The number of aromatic nitrogens is 1. The van der Waals surface area contributed by atoms with Gasteiger partial charge in [-0.2, -0.15) is 0 Å². The van der Waals surface area contributed by atoms with Crippen LogP contribution in [0.5, 0.6) is 5.88 Å². The van der Waals surface area contributed by atoms with Gasteiger partial charge in [0.2, 0.25) is 5.88 Å². The summed E-state index contributed by atoms with van der Waals surface area (Å²) in [5, 5.41) is 3.54. The van der Waals surface area contributed by atoms with Crippen molar-refractivity contribution in [3.05, 3.63) is 58.8 Å². The second kappa shape index (κ2) is 6.53. The molecule has 0 amide bonds. The molecular formula is C17H22N2O. The number of hydrogen-bond donors (Lipinski definition) is 1. The number of nitrogens with zero attached hydrogens (tertiary/aromatic N) is 1. The average Bonchev–Trinajstić information content (AvgIpc) is 2.47. The van der Waals surface area contributed by atoms with Crippen LogP contribution in [-0.4, -0.2) is 12.1 Å². The van der Waals surface area contributed by atoms with Crippen LogP contribution in [0.2, 0.25) is 0 Å². The molecule has 1 unspecified atom stereocenters. The Morgan fingerprint density at radius 2 is 2.05 bits per heavy atom. The summed E-state index contributed by atoms with van der Waals surface area (Å²) >= 11 is 0. The van der Waals surface area contributed by atoms with Gasteiger partial charge in [-0.15, -0.1) is 0 Å². The minimum atomic E-state index is 0.291. The lowest BCUT2D eigenvalue weighted by atomic mass is 10.00. The largest absolute Gasteiger partial charge is 0.481 e. The maximum Gasteiger partial charge on any atom is 0.217 e. The van der Waals surface area contributed by atoms with Gasteiger partial charge in [-0.3, -0.25) is 0 Å². The Balaban J connectivity index is 2.08. The van der Waals surface area contributed by atoms with Crippen molar-refractivity contribution in [2.24, 2.45) is 0 Å². The van der Waals surface area contributed by atoms with Crippen LogP contribution in [0, 0.1) is 13.8 Å². The summed E-state index contributed by atoms with van der Waals surface area (Å²) < 4.78 is 5.28. The standard InChI is InChI=1S/C17H22N2O/c1-12-7-8-13(2)16(10-12)14(3)19-11-15-6-5-9-18-17(15)20-4/h5-10,14,19H,11H2,1-4H3. The van der Waals surface area contributed by atoms with E-state index in [2.05, 4.69) is 49.3 Å². The fourth-order valence-electron chi connectivity index (χ4n) is 2.34. The first kappa shape index (κ1) is 14.5. The molecule has 1 aromatic heterocycles. The quantitative estimate of drug-likeness (QED) is 0.902. The van der Waals surface area contributed by atoms with Gasteiger partial charge in [0.25, 0.3) is 0 Å². The Morgan fingerprint density at radius 1 is 1.25 bits per heavy atom. The third-order valence-electron chi connectivity index (χ3n) is 3.54. The molecule has 0 aliphatic carbocycles. The minimum absolute atomic E-state index is 0.291. The summed E-state index contributed by atoms with van der Waals surface area (Å²) in [6.45, 7) is 7.20. The summed E-state index contributed by atoms with van der Waals surface area (Å²) in [5.74, 6) is 0.688. The lowest BCUT2D eigenvalue weighted by Crippen LogP contribution is -2.19. The van der Waals surface area contributed by atoms with Crippen molar-refractivity contribution in [2.45, 2.75) is 33.4 Å². The highest BCUT2D eigenvalue weighted by Crippen LogP contribution is 2.20. The molecule has 0 aliphatic rings. The molecular weight excluding hydrogens is 248 g/mol. The summed E-state index contributed by atoms with van der Waals surface area (Å²) in [4.78, 5) is 4.22. The van der Waals surface area contributed by atoms with Crippen molar-refractivity contribution < 1.29 is 4.74 Å². The molecule has 0 bridgehead atoms. The average molecular weight is 270 g/mol. The zero-order valence-corrected chi connectivity index (χ0v) is 12.6. The lowest BCUT2D eigenvalue weighted by molar-refractivity contribution is 0.389. The van der Waals surface area contributed by atoms with E-state index in [4.69, 9.17) is 4.74 Å². The third kappa shape index (κ3) is 3.36. The summed E-state index contributed by atoms with van der Waals surface area (Å²) in [5.41, 5.74) is 5.02. The monoisotopic (exact) mass is 270 g/mol. The number of nitrogens with one attached hydrogen (secondary N) is 1. The first-order valence-electron chi connectivity index (χ1n) is 6.90. The summed E-state index contributed by atoms with van der Waals surface area (Å²) in [6, 6.07) is 10.8. The Bertz CT molecular complexity index is 581. The maximum atomic E-state index is 5.28. The van der Waals surface area contributed by atoms with E-state index in [0.717, 1.165) is 12.1 Å². The number of rotatable bonds is 5. The smallest absolute Gasteiger partial charge is 0.217 e. The van der Waals surface area contributed by atoms with Crippen LogP contribution >= 0.6 is 0 Å². The predicted octanol–water partition coefficient (Wildman–Crippen LogP) is 3.56. The molecule has 1 aromatic carbocycles. The Hall–Kier alpha value is -1.87. The molecule has 0 aliphatic heterocycles. The number of benzene rings is 1. The van der Waals surface area contributed by atoms with Gasteiger partial charge in [0.15, 0.2) is 0 Å². The van der Waals surface area contributed by atoms with E-state index in [-0.39, 0.29) is 0 Å². The van der Waals surface area contributed by atoms with Crippen molar-refractivity contribution in [1.82, 2.24) is 10.3 Å². The second-order valence-electron chi connectivity index (χ2n) is 5.13. The predicted molar refractivity (Wildman–Crippen MR) is 82.0 cm³/mol. The molecule has 0 spiro atoms. The Morgan fingerprint density at radius 3 is 2.80 bits per heavy atom. The first-order valence-corrected chi connectivity index (χ1v) is 6.90. The zero-order valence-electron chi connectivity index (χ0n) is 12.6. The van der Waals surface area contributed by atoms with Crippen molar-refractivity contribution in [1.29, 1.82) is 0 Å². The minimum Gasteiger partial charge on any atom is -0.481 e. The number of aryl methyl sites for hydroxylation is 2. The van der Waals surface area contributed by atoms with Gasteiger partial charge in [0.05, 0.1) is 7.11 Å². The van der Waals surface area contributed by atoms with Crippen molar-refractivity contribution in [3.8, 4) is 5.88 Å². The molecule has 106 valence electrons. The van der Waals surface area contributed by atoms with Crippen LogP contribution < -0.4 is 10.1 Å². The number of ether oxygens (including phenoxy) is 1. The summed E-state index contributed by atoms with van der Waals surface area (Å²) in [7, 11) is 1.65. The van der Waals surface area contributed by atoms with Crippen LogP contribution in [0.25, 0.3) is 0 Å². The van der Waals surface area contributed by atoms with Crippen LogP contribution in [0.15, 0.2) is 36.5 Å². The van der Waals surface area contributed by atoms with Crippen LogP contribution in [0.1, 0.15) is 35.2 Å². The number of pyridine rings is 1. The van der Waals surface area contributed by atoms with E-state index in [1.807, 2.05) is 12.1 Å². The molecule has 3 nitrogen and oxygen atoms in total. The first-order chi connectivity index (χ1) is 9.61. The van der Waals surface area contributed by atoms with E-state index < -0.39 is 0 Å². The molecule has 1 heterocycles. The third-order valence-corrected chi connectivity index (χ3v) is 3.54. The molecule has 0 radical (unpaired) electrons. The van der Waals surface area contributed by atoms with Crippen LogP contribution in [0.3, 0.4) is 0 Å². The molecule has 3 heteroatoms. The highest BCUT2D eigenvalue weighted by molar-refractivity contribution is 5.33. The van der Waals surface area contributed by atoms with Gasteiger partial charge < -0.3 is 10.1 Å². The number of methoxy groups -OCH3 is 1. The topological polar surface area (TPSA) is 34.1 Å². The zero-order chi connectivity index (χ0) is 14.5. The maximum absolute atomic E-state index is 5.28. The molecule has 0 saturated heterocycles. The highest BCUT2D eigenvalue weighted by Gasteiger charge is 2.10. The SMILES string of the molecule is COc1ncccc1CNC(C)c1cc(C)ccc1C. The molecule has 1 atom stereocenters. The normalized spacial score (nSPS) is 12.2. The van der Waals surface area contributed by atoms with Crippen LogP contribution in [-0.2, 0) is 6.54 Å². The Labute approximate surface area is 121 Å². The van der Waals surface area contributed by atoms with E-state index >= 15 is 0 Å². The van der Waals surface area contributed by atoms with Crippen molar-refractivity contribution >= 4 is 0 Å². The van der Waals surface area contributed by atoms with Gasteiger partial charge in [-0.25, -0.2) is 4.98 Å². The highest BCUT2D eigenvalue weighted by atomic mass is 16.5. The molecule has 2 aromatic rings. The van der Waals surface area contributed by atoms with Crippen molar-refractivity contribution in [3.63, 3.8) is 0 Å². The summed E-state index contributed by atoms with van der Waals surface area (Å²) in [6.07, 6.45) is 1.75. The molecule has 0 saturated carbocycles. The molecule has 0 fully saturated rings. The van der Waals surface area contributed by atoms with E-state index in [0.29, 0.717) is 11.9 Å². The lowest BCUT2D eigenvalue weighted by Gasteiger charge is -2.18. The van der Waals surface area contributed by atoms with Gasteiger partial charge in [-0.05, 0) is 38.0 Å². The van der Waals surface area contributed by atoms with Crippen molar-refractivity contribution in [2.75, 3.05) is 7.11 Å². The Kier molecular flexibility index (Phi) is 4.74. The fraction of sp³-hybridized carbons (Fsp3) is 0.353. The van der Waals surface area contributed by atoms with E-state index in [1.54, 1.807) is 13.3 Å². The molecule has 2 rings (SSSR count). The van der Waals surface area contributed by atoms with Gasteiger partial charge in [0, 0.05) is 24.3 Å². The van der Waals surface area contributed by atoms with Gasteiger partial charge in [-0.1, -0.05) is 29.8 Å². The van der Waals surface area contributed by atoms with E-state index in [1.165, 1.54) is 16.7 Å². The van der Waals surface area contributed by atoms with E-state index in [9.17, 15) is 0 Å². The molecule has 20 heavy (non-hydrogen) atoms. The fourth-order valence-corrected chi connectivity index (χ4v) is 2.34. The van der Waals surface area contributed by atoms with Crippen LogP contribution in [0.4, 0.5) is 0 Å².